The highest BCUT2D eigenvalue weighted by molar-refractivity contribution is 7.99. The summed E-state index contributed by atoms with van der Waals surface area (Å²) in [5.74, 6) is 0.930. The number of sulfonamides is 1. The molecule has 2 aromatic carbocycles. The molecule has 1 N–H and O–H groups in total. The molecule has 0 aliphatic carbocycles. The van der Waals surface area contributed by atoms with Crippen molar-refractivity contribution in [3.8, 4) is 0 Å². The van der Waals surface area contributed by atoms with Crippen LogP contribution in [-0.2, 0) is 16.4 Å². The van der Waals surface area contributed by atoms with E-state index < -0.39 is 10.0 Å². The maximum atomic E-state index is 12.6. The van der Waals surface area contributed by atoms with Crippen molar-refractivity contribution in [2.75, 3.05) is 5.75 Å². The van der Waals surface area contributed by atoms with E-state index in [4.69, 9.17) is 0 Å². The molecular weight excluding hydrogens is 314 g/mol. The first-order chi connectivity index (χ1) is 10.6. The number of hydrogen-bond donors (Lipinski definition) is 1. The van der Waals surface area contributed by atoms with Gasteiger partial charge in [0, 0.05) is 10.9 Å². The molecular formula is C17H19NO2S2. The lowest BCUT2D eigenvalue weighted by atomic mass is 10.1. The van der Waals surface area contributed by atoms with Crippen molar-refractivity contribution < 1.29 is 8.42 Å². The van der Waals surface area contributed by atoms with Crippen LogP contribution in [0.4, 0.5) is 0 Å². The molecule has 3 rings (SSSR count). The summed E-state index contributed by atoms with van der Waals surface area (Å²) in [6.07, 6.45) is 1.72. The van der Waals surface area contributed by atoms with E-state index in [0.29, 0.717) is 4.90 Å². The lowest BCUT2D eigenvalue weighted by molar-refractivity contribution is 0.546. The maximum absolute atomic E-state index is 12.6. The molecule has 1 atom stereocenters. The van der Waals surface area contributed by atoms with Gasteiger partial charge in [-0.25, -0.2) is 13.1 Å². The molecule has 5 heteroatoms. The van der Waals surface area contributed by atoms with Crippen LogP contribution in [0.25, 0.3) is 0 Å². The first kappa shape index (κ1) is 15.6. The van der Waals surface area contributed by atoms with Gasteiger partial charge in [-0.05, 0) is 47.9 Å². The highest BCUT2D eigenvalue weighted by Gasteiger charge is 2.25. The normalized spacial score (nSPS) is 18.0. The molecule has 0 saturated carbocycles. The predicted molar refractivity (Wildman–Crippen MR) is 90.7 cm³/mol. The summed E-state index contributed by atoms with van der Waals surface area (Å²) >= 11 is 1.78. The van der Waals surface area contributed by atoms with E-state index in [1.54, 1.807) is 23.9 Å². The van der Waals surface area contributed by atoms with Gasteiger partial charge in [-0.3, -0.25) is 0 Å². The van der Waals surface area contributed by atoms with Gasteiger partial charge in [-0.2, -0.15) is 0 Å². The fourth-order valence-corrected chi connectivity index (χ4v) is 5.00. The van der Waals surface area contributed by atoms with Crippen molar-refractivity contribution in [1.82, 2.24) is 4.72 Å². The fraction of sp³-hybridized carbons (Fsp3) is 0.294. The van der Waals surface area contributed by atoms with Crippen molar-refractivity contribution in [2.24, 2.45) is 0 Å². The van der Waals surface area contributed by atoms with Crippen LogP contribution in [-0.4, -0.2) is 14.2 Å². The Balaban J connectivity index is 1.86. The molecule has 1 heterocycles. The number of hydrogen-bond acceptors (Lipinski definition) is 3. The second-order valence-corrected chi connectivity index (χ2v) is 8.20. The molecule has 0 saturated heterocycles. The van der Waals surface area contributed by atoms with Gasteiger partial charge in [0.1, 0.15) is 0 Å². The maximum Gasteiger partial charge on any atom is 0.241 e. The molecule has 3 nitrogen and oxygen atoms in total. The van der Waals surface area contributed by atoms with E-state index in [9.17, 15) is 8.42 Å². The van der Waals surface area contributed by atoms with E-state index in [0.717, 1.165) is 29.7 Å². The summed E-state index contributed by atoms with van der Waals surface area (Å²) in [6.45, 7) is 2.05. The van der Waals surface area contributed by atoms with Crippen LogP contribution < -0.4 is 4.72 Å². The Morgan fingerprint density at radius 3 is 2.59 bits per heavy atom. The van der Waals surface area contributed by atoms with Crippen molar-refractivity contribution in [1.29, 1.82) is 0 Å². The fourth-order valence-electron chi connectivity index (χ4n) is 2.62. The number of aryl methyl sites for hydroxylation is 1. The molecule has 0 unspecified atom stereocenters. The lowest BCUT2D eigenvalue weighted by Crippen LogP contribution is -2.30. The summed E-state index contributed by atoms with van der Waals surface area (Å²) < 4.78 is 28.0. The molecule has 0 spiro atoms. The summed E-state index contributed by atoms with van der Waals surface area (Å²) in [5, 5.41) is 0. The Hall–Kier alpha value is -1.30. The number of benzene rings is 2. The first-order valence-corrected chi connectivity index (χ1v) is 9.90. The molecule has 0 bridgehead atoms. The first-order valence-electron chi connectivity index (χ1n) is 7.43. The number of rotatable bonds is 4. The number of nitrogens with one attached hydrogen (secondary N) is 1. The van der Waals surface area contributed by atoms with E-state index in [2.05, 4.69) is 17.7 Å². The number of thioether (sulfide) groups is 1. The van der Waals surface area contributed by atoms with Gasteiger partial charge < -0.3 is 0 Å². The van der Waals surface area contributed by atoms with Gasteiger partial charge in [0.25, 0.3) is 0 Å². The smallest absolute Gasteiger partial charge is 0.207 e. The van der Waals surface area contributed by atoms with Crippen LogP contribution in [0.15, 0.2) is 58.3 Å². The quantitative estimate of drug-likeness (QED) is 0.926. The van der Waals surface area contributed by atoms with Gasteiger partial charge in [0.05, 0.1) is 4.90 Å². The third kappa shape index (κ3) is 3.21. The van der Waals surface area contributed by atoms with Crippen molar-refractivity contribution in [3.63, 3.8) is 0 Å². The molecule has 2 aromatic rings. The minimum Gasteiger partial charge on any atom is -0.207 e. The standard InChI is InChI=1S/C17H19NO2S2/c1-2-13-7-9-14(10-8-13)22(19,20)18-16-11-12-21-17-6-4-3-5-15(16)17/h3-10,16,18H,2,11-12H2,1H3/t16-/m0/s1. The Morgan fingerprint density at radius 1 is 1.14 bits per heavy atom. The van der Waals surface area contributed by atoms with Gasteiger partial charge in [0.2, 0.25) is 10.0 Å². The Morgan fingerprint density at radius 2 is 1.86 bits per heavy atom. The molecule has 116 valence electrons. The molecule has 0 amide bonds. The van der Waals surface area contributed by atoms with Crippen LogP contribution in [0, 0.1) is 0 Å². The van der Waals surface area contributed by atoms with Crippen LogP contribution in [0.3, 0.4) is 0 Å². The molecule has 0 radical (unpaired) electrons. The second-order valence-electron chi connectivity index (χ2n) is 5.35. The molecule has 0 aromatic heterocycles. The molecule has 1 aliphatic rings. The number of fused-ring (bicyclic) bond motifs is 1. The van der Waals surface area contributed by atoms with Gasteiger partial charge in [0.15, 0.2) is 0 Å². The Labute approximate surface area is 136 Å². The average molecular weight is 333 g/mol. The topological polar surface area (TPSA) is 46.2 Å². The minimum atomic E-state index is -3.49. The average Bonchev–Trinajstić information content (AvgIpc) is 2.55. The molecule has 1 aliphatic heterocycles. The monoisotopic (exact) mass is 333 g/mol. The third-order valence-electron chi connectivity index (χ3n) is 3.90. The Bertz CT molecular complexity index is 754. The SMILES string of the molecule is CCc1ccc(S(=O)(=O)N[C@H]2CCSc3ccccc32)cc1. The van der Waals surface area contributed by atoms with E-state index in [-0.39, 0.29) is 6.04 Å². The van der Waals surface area contributed by atoms with Crippen molar-refractivity contribution in [3.05, 3.63) is 59.7 Å². The largest absolute Gasteiger partial charge is 0.241 e. The zero-order valence-corrected chi connectivity index (χ0v) is 14.1. The minimum absolute atomic E-state index is 0.145. The summed E-state index contributed by atoms with van der Waals surface area (Å²) in [6, 6.07) is 15.0. The molecule has 22 heavy (non-hydrogen) atoms. The van der Waals surface area contributed by atoms with E-state index in [1.165, 1.54) is 4.90 Å². The Kier molecular flexibility index (Phi) is 4.57. The summed E-state index contributed by atoms with van der Waals surface area (Å²) in [4.78, 5) is 1.50. The van der Waals surface area contributed by atoms with Crippen LogP contribution >= 0.6 is 11.8 Å². The van der Waals surface area contributed by atoms with Gasteiger partial charge >= 0.3 is 0 Å². The zero-order chi connectivity index (χ0) is 15.6. The van der Waals surface area contributed by atoms with E-state index in [1.807, 2.05) is 30.3 Å². The second kappa shape index (κ2) is 6.44. The zero-order valence-electron chi connectivity index (χ0n) is 12.5. The molecule has 0 fully saturated rings. The van der Waals surface area contributed by atoms with Gasteiger partial charge in [-0.1, -0.05) is 37.3 Å². The van der Waals surface area contributed by atoms with Gasteiger partial charge in [-0.15, -0.1) is 11.8 Å². The third-order valence-corrected chi connectivity index (χ3v) is 6.51. The lowest BCUT2D eigenvalue weighted by Gasteiger charge is -2.25. The van der Waals surface area contributed by atoms with Crippen LogP contribution in [0.5, 0.6) is 0 Å². The predicted octanol–water partition coefficient (Wildman–Crippen LogP) is 3.76. The van der Waals surface area contributed by atoms with Crippen molar-refractivity contribution in [2.45, 2.75) is 35.6 Å². The van der Waals surface area contributed by atoms with Crippen LogP contribution in [0.2, 0.25) is 0 Å². The van der Waals surface area contributed by atoms with E-state index >= 15 is 0 Å². The highest BCUT2D eigenvalue weighted by Crippen LogP contribution is 2.36. The summed E-state index contributed by atoms with van der Waals surface area (Å²) in [5.41, 5.74) is 2.21. The summed E-state index contributed by atoms with van der Waals surface area (Å²) in [7, 11) is -3.49. The van der Waals surface area contributed by atoms with Crippen molar-refractivity contribution >= 4 is 21.8 Å². The highest BCUT2D eigenvalue weighted by atomic mass is 32.2. The van der Waals surface area contributed by atoms with Crippen LogP contribution in [0.1, 0.15) is 30.5 Å².